The van der Waals surface area contributed by atoms with Crippen molar-refractivity contribution in [2.24, 2.45) is 0 Å². The highest BCUT2D eigenvalue weighted by Crippen LogP contribution is 2.31. The quantitative estimate of drug-likeness (QED) is 0.681. The first-order chi connectivity index (χ1) is 13.8. The molecule has 2 aromatic rings. The third kappa shape index (κ3) is 6.58. The van der Waals surface area contributed by atoms with Gasteiger partial charge in [0.05, 0.1) is 5.56 Å². The Hall–Kier alpha value is -2.38. The van der Waals surface area contributed by atoms with E-state index in [4.69, 9.17) is 0 Å². The normalized spacial score (nSPS) is 11.7. The largest absolute Gasteiger partial charge is 0.416 e. The van der Waals surface area contributed by atoms with Crippen LogP contribution in [0.3, 0.4) is 0 Å². The van der Waals surface area contributed by atoms with Gasteiger partial charge in [0, 0.05) is 19.6 Å². The van der Waals surface area contributed by atoms with Crippen LogP contribution in [-0.2, 0) is 17.5 Å². The summed E-state index contributed by atoms with van der Waals surface area (Å²) < 4.78 is 38.1. The SMILES string of the molecule is CCN(CC)CCN(Cc1ccc(-c2ccc(C(F)(F)F)cc2)cc1)C(=O)CO. The highest BCUT2D eigenvalue weighted by atomic mass is 19.4. The van der Waals surface area contributed by atoms with Crippen LogP contribution < -0.4 is 0 Å². The van der Waals surface area contributed by atoms with Crippen molar-refractivity contribution in [2.45, 2.75) is 26.6 Å². The van der Waals surface area contributed by atoms with Gasteiger partial charge in [0.25, 0.3) is 0 Å². The van der Waals surface area contributed by atoms with E-state index in [0.717, 1.165) is 42.9 Å². The fraction of sp³-hybridized carbons (Fsp3) is 0.409. The standard InChI is InChI=1S/C22H27F3N2O2/c1-3-26(4-2)13-14-27(21(29)16-28)15-17-5-7-18(8-6-17)19-9-11-20(12-10-19)22(23,24)25/h5-12,28H,3-4,13-16H2,1-2H3. The third-order valence-corrected chi connectivity index (χ3v) is 4.94. The van der Waals surface area contributed by atoms with Gasteiger partial charge in [-0.2, -0.15) is 13.2 Å². The molecular weight excluding hydrogens is 381 g/mol. The first-order valence-corrected chi connectivity index (χ1v) is 9.66. The molecule has 4 nitrogen and oxygen atoms in total. The third-order valence-electron chi connectivity index (χ3n) is 4.94. The number of carbonyl (C=O) groups is 1. The minimum absolute atomic E-state index is 0.330. The lowest BCUT2D eigenvalue weighted by atomic mass is 10.0. The second-order valence-corrected chi connectivity index (χ2v) is 6.77. The van der Waals surface area contributed by atoms with Gasteiger partial charge in [0.1, 0.15) is 6.61 Å². The molecule has 0 aromatic heterocycles. The van der Waals surface area contributed by atoms with E-state index in [1.807, 2.05) is 24.3 Å². The summed E-state index contributed by atoms with van der Waals surface area (Å²) in [5.41, 5.74) is 1.70. The monoisotopic (exact) mass is 408 g/mol. The van der Waals surface area contributed by atoms with Crippen LogP contribution in [0.25, 0.3) is 11.1 Å². The zero-order valence-electron chi connectivity index (χ0n) is 16.7. The fourth-order valence-electron chi connectivity index (χ4n) is 3.07. The number of hydrogen-bond donors (Lipinski definition) is 1. The molecule has 0 unspecified atom stereocenters. The molecule has 1 N–H and O–H groups in total. The molecule has 29 heavy (non-hydrogen) atoms. The lowest BCUT2D eigenvalue weighted by molar-refractivity contribution is -0.137. The molecule has 1 amide bonds. The smallest absolute Gasteiger partial charge is 0.387 e. The van der Waals surface area contributed by atoms with Crippen LogP contribution in [-0.4, -0.2) is 53.6 Å². The van der Waals surface area contributed by atoms with E-state index in [1.54, 1.807) is 4.90 Å². The van der Waals surface area contributed by atoms with Crippen molar-refractivity contribution >= 4 is 5.91 Å². The lowest BCUT2D eigenvalue weighted by Crippen LogP contribution is -2.39. The van der Waals surface area contributed by atoms with Gasteiger partial charge in [0.15, 0.2) is 0 Å². The Bertz CT molecular complexity index is 770. The van der Waals surface area contributed by atoms with Gasteiger partial charge in [-0.3, -0.25) is 4.79 Å². The van der Waals surface area contributed by atoms with Crippen molar-refractivity contribution in [3.05, 3.63) is 59.7 Å². The molecule has 0 saturated heterocycles. The Labute approximate surface area is 169 Å². The van der Waals surface area contributed by atoms with E-state index in [-0.39, 0.29) is 5.91 Å². The summed E-state index contributed by atoms with van der Waals surface area (Å²) in [6.07, 6.45) is -4.35. The number of halogens is 3. The second-order valence-electron chi connectivity index (χ2n) is 6.77. The fourth-order valence-corrected chi connectivity index (χ4v) is 3.07. The predicted molar refractivity (Wildman–Crippen MR) is 107 cm³/mol. The highest BCUT2D eigenvalue weighted by Gasteiger charge is 2.29. The van der Waals surface area contributed by atoms with Crippen molar-refractivity contribution in [1.82, 2.24) is 9.80 Å². The van der Waals surface area contributed by atoms with Crippen LogP contribution in [0.4, 0.5) is 13.2 Å². The van der Waals surface area contributed by atoms with Crippen LogP contribution in [0.2, 0.25) is 0 Å². The molecule has 0 heterocycles. The maximum absolute atomic E-state index is 12.7. The van der Waals surface area contributed by atoms with Crippen LogP contribution in [0, 0.1) is 0 Å². The Morgan fingerprint density at radius 3 is 1.86 bits per heavy atom. The zero-order valence-corrected chi connectivity index (χ0v) is 16.7. The van der Waals surface area contributed by atoms with Crippen molar-refractivity contribution in [3.8, 4) is 11.1 Å². The van der Waals surface area contributed by atoms with E-state index >= 15 is 0 Å². The number of amides is 1. The molecule has 0 aliphatic rings. The van der Waals surface area contributed by atoms with Crippen molar-refractivity contribution in [2.75, 3.05) is 32.8 Å². The summed E-state index contributed by atoms with van der Waals surface area (Å²) in [5.74, 6) is -0.330. The van der Waals surface area contributed by atoms with Crippen LogP contribution in [0.5, 0.6) is 0 Å². The van der Waals surface area contributed by atoms with E-state index in [9.17, 15) is 23.1 Å². The van der Waals surface area contributed by atoms with Gasteiger partial charge in [-0.25, -0.2) is 0 Å². The summed E-state index contributed by atoms with van der Waals surface area (Å²) in [6.45, 7) is 6.96. The molecule has 2 aromatic carbocycles. The van der Waals surface area contributed by atoms with E-state index in [0.29, 0.717) is 18.7 Å². The van der Waals surface area contributed by atoms with E-state index in [1.165, 1.54) is 12.1 Å². The number of alkyl halides is 3. The van der Waals surface area contributed by atoms with Crippen molar-refractivity contribution < 1.29 is 23.1 Å². The average molecular weight is 408 g/mol. The van der Waals surface area contributed by atoms with Crippen LogP contribution in [0.15, 0.2) is 48.5 Å². The second kappa shape index (κ2) is 10.4. The highest BCUT2D eigenvalue weighted by molar-refractivity contribution is 5.77. The lowest BCUT2D eigenvalue weighted by Gasteiger charge is -2.26. The van der Waals surface area contributed by atoms with Gasteiger partial charge in [-0.1, -0.05) is 50.2 Å². The molecule has 0 aliphatic carbocycles. The molecule has 7 heteroatoms. The number of aliphatic hydroxyl groups is 1. The number of benzene rings is 2. The number of carbonyl (C=O) groups excluding carboxylic acids is 1. The van der Waals surface area contributed by atoms with Crippen molar-refractivity contribution in [1.29, 1.82) is 0 Å². The molecule has 0 aliphatic heterocycles. The number of nitrogens with zero attached hydrogens (tertiary/aromatic N) is 2. The number of rotatable bonds is 9. The topological polar surface area (TPSA) is 43.8 Å². The maximum Gasteiger partial charge on any atom is 0.416 e. The number of likely N-dealkylation sites (N-methyl/N-ethyl adjacent to an activating group) is 1. The molecule has 0 spiro atoms. The van der Waals surface area contributed by atoms with Gasteiger partial charge in [-0.05, 0) is 41.9 Å². The Morgan fingerprint density at radius 1 is 0.897 bits per heavy atom. The molecule has 158 valence electrons. The number of aliphatic hydroxyl groups excluding tert-OH is 1. The number of hydrogen-bond acceptors (Lipinski definition) is 3. The summed E-state index contributed by atoms with van der Waals surface area (Å²) in [5, 5.41) is 9.25. The summed E-state index contributed by atoms with van der Waals surface area (Å²) in [7, 11) is 0. The van der Waals surface area contributed by atoms with Crippen LogP contribution in [0.1, 0.15) is 25.0 Å². The zero-order chi connectivity index (χ0) is 21.4. The van der Waals surface area contributed by atoms with E-state index < -0.39 is 18.3 Å². The van der Waals surface area contributed by atoms with Gasteiger partial charge < -0.3 is 14.9 Å². The van der Waals surface area contributed by atoms with Crippen LogP contribution >= 0.6 is 0 Å². The maximum atomic E-state index is 12.7. The molecule has 0 atom stereocenters. The molecule has 0 radical (unpaired) electrons. The molecule has 0 bridgehead atoms. The molecule has 2 rings (SSSR count). The van der Waals surface area contributed by atoms with Gasteiger partial charge in [-0.15, -0.1) is 0 Å². The minimum Gasteiger partial charge on any atom is -0.387 e. The average Bonchev–Trinajstić information content (AvgIpc) is 2.73. The van der Waals surface area contributed by atoms with Crippen molar-refractivity contribution in [3.63, 3.8) is 0 Å². The Morgan fingerprint density at radius 2 is 1.41 bits per heavy atom. The molecule has 0 fully saturated rings. The molecular formula is C22H27F3N2O2. The Kier molecular flexibility index (Phi) is 8.22. The summed E-state index contributed by atoms with van der Waals surface area (Å²) in [6, 6.07) is 12.4. The molecule has 0 saturated carbocycles. The summed E-state index contributed by atoms with van der Waals surface area (Å²) >= 11 is 0. The Balaban J connectivity index is 2.08. The predicted octanol–water partition coefficient (Wildman–Crippen LogP) is 4.04. The van der Waals surface area contributed by atoms with Gasteiger partial charge in [0.2, 0.25) is 5.91 Å². The first-order valence-electron chi connectivity index (χ1n) is 9.66. The first kappa shape index (κ1) is 22.9. The summed E-state index contributed by atoms with van der Waals surface area (Å²) in [4.78, 5) is 15.9. The van der Waals surface area contributed by atoms with E-state index in [2.05, 4.69) is 18.7 Å². The minimum atomic E-state index is -4.35. The van der Waals surface area contributed by atoms with Gasteiger partial charge >= 0.3 is 6.18 Å².